The molecule has 0 radical (unpaired) electrons. The lowest BCUT2D eigenvalue weighted by atomic mass is 10.0. The number of benzene rings is 2. The van der Waals surface area contributed by atoms with E-state index in [4.69, 9.17) is 4.74 Å². The van der Waals surface area contributed by atoms with Gasteiger partial charge in [0.25, 0.3) is 0 Å². The van der Waals surface area contributed by atoms with Crippen LogP contribution >= 0.6 is 0 Å². The Morgan fingerprint density at radius 2 is 1.34 bits per heavy atom. The molecule has 0 aliphatic carbocycles. The number of amides is 1. The van der Waals surface area contributed by atoms with E-state index in [2.05, 4.69) is 35.9 Å². The largest absolute Gasteiger partial charge is 0.444 e. The summed E-state index contributed by atoms with van der Waals surface area (Å²) in [7, 11) is 0. The number of nitrogens with one attached hydrogen (secondary N) is 3. The molecule has 0 saturated carbocycles. The number of hydrogen-bond donors (Lipinski definition) is 3. The minimum absolute atomic E-state index is 0.0314. The van der Waals surface area contributed by atoms with Gasteiger partial charge in [-0.1, -0.05) is 6.42 Å². The summed E-state index contributed by atoms with van der Waals surface area (Å²) in [5, 5.41) is 9.76. The van der Waals surface area contributed by atoms with Crippen molar-refractivity contribution in [3.8, 4) is 0 Å². The number of likely N-dealkylation sites (tertiary alicyclic amines) is 1. The first-order valence-electron chi connectivity index (χ1n) is 15.9. The summed E-state index contributed by atoms with van der Waals surface area (Å²) in [4.78, 5) is 30.9. The first-order chi connectivity index (χ1) is 22.4. The van der Waals surface area contributed by atoms with Crippen LogP contribution in [-0.4, -0.2) is 74.8 Å². The van der Waals surface area contributed by atoms with Crippen LogP contribution in [-0.2, 0) is 4.74 Å². The number of anilines is 2. The average Bonchev–Trinajstić information content (AvgIpc) is 3.04. The molecule has 4 aromatic rings. The summed E-state index contributed by atoms with van der Waals surface area (Å²) in [6, 6.07) is 4.57. The number of carbonyl (C=O) groups is 1. The van der Waals surface area contributed by atoms with E-state index in [1.54, 1.807) is 11.1 Å². The minimum Gasteiger partial charge on any atom is -0.444 e. The molecule has 252 valence electrons. The summed E-state index contributed by atoms with van der Waals surface area (Å²) in [6.07, 6.45) is 9.10. The molecule has 2 aliphatic heterocycles. The Balaban J connectivity index is 0.000000193. The van der Waals surface area contributed by atoms with Gasteiger partial charge in [-0.15, -0.1) is 0 Å². The maximum absolute atomic E-state index is 13.4. The summed E-state index contributed by atoms with van der Waals surface area (Å²) in [5.41, 5.74) is 0.713. The van der Waals surface area contributed by atoms with Gasteiger partial charge in [0.05, 0.1) is 40.5 Å². The van der Waals surface area contributed by atoms with Gasteiger partial charge >= 0.3 is 6.09 Å². The predicted molar refractivity (Wildman–Crippen MR) is 172 cm³/mol. The Morgan fingerprint density at radius 3 is 1.87 bits per heavy atom. The van der Waals surface area contributed by atoms with Crippen molar-refractivity contribution in [3.05, 3.63) is 59.9 Å². The average molecular weight is 657 g/mol. The fraction of sp³-hybridized carbons (Fsp3) is 0.485. The summed E-state index contributed by atoms with van der Waals surface area (Å²) in [6.45, 7) is 8.45. The van der Waals surface area contributed by atoms with E-state index in [0.29, 0.717) is 41.8 Å². The van der Waals surface area contributed by atoms with Crippen LogP contribution in [0.5, 0.6) is 0 Å². The van der Waals surface area contributed by atoms with Crippen LogP contribution < -0.4 is 16.0 Å². The third kappa shape index (κ3) is 9.37. The Bertz CT molecular complexity index is 1700. The number of hydrogen-bond acceptors (Lipinski definition) is 9. The van der Waals surface area contributed by atoms with Gasteiger partial charge in [-0.2, -0.15) is 0 Å². The highest BCUT2D eigenvalue weighted by Gasteiger charge is 2.30. The number of nitrogens with zero attached hydrogens (tertiary/aromatic N) is 5. The Labute approximate surface area is 270 Å². The highest BCUT2D eigenvalue weighted by molar-refractivity contribution is 5.76. The predicted octanol–water partition coefficient (Wildman–Crippen LogP) is 6.57. The molecule has 0 bridgehead atoms. The van der Waals surface area contributed by atoms with Crippen molar-refractivity contribution in [1.29, 1.82) is 0 Å². The van der Waals surface area contributed by atoms with E-state index in [-0.39, 0.29) is 23.2 Å². The maximum Gasteiger partial charge on any atom is 0.410 e. The molecule has 14 heteroatoms. The number of halogens is 4. The van der Waals surface area contributed by atoms with Gasteiger partial charge in [-0.25, -0.2) is 32.3 Å². The monoisotopic (exact) mass is 656 g/mol. The van der Waals surface area contributed by atoms with Gasteiger partial charge in [-0.3, -0.25) is 9.97 Å². The SMILES string of the molecule is CC(C)(C)OC(=O)N1CCCC[C@H]1CNc1cnc2cc(F)c(F)cc2n1.Fc1cc2ncc(NC[C@@H]3CCCCN3)nc2cc1F. The standard InChI is InChI=1S/C19H24F2N4O2.C14H16F2N4/c1-19(2,3)27-18(26)25-7-5-4-6-12(25)10-23-17-11-22-15-8-13(20)14(21)9-16(15)24-17;15-10-5-12-13(6-11(10)16)20-14(8-18-12)19-7-9-3-1-2-4-17-9/h8-9,11-12H,4-7,10H2,1-3H3,(H,23,24);5-6,8-9,17H,1-4,7H2,(H,19,20)/t12-;9-/m00/s1. The van der Waals surface area contributed by atoms with Crippen molar-refractivity contribution in [1.82, 2.24) is 30.2 Å². The molecular weight excluding hydrogens is 616 g/mol. The molecule has 2 saturated heterocycles. The van der Waals surface area contributed by atoms with E-state index in [0.717, 1.165) is 63.0 Å². The molecule has 6 rings (SSSR count). The van der Waals surface area contributed by atoms with Crippen molar-refractivity contribution < 1.29 is 27.1 Å². The van der Waals surface area contributed by atoms with Crippen LogP contribution in [0.4, 0.5) is 34.0 Å². The second-order valence-corrected chi connectivity index (χ2v) is 12.8. The first-order valence-corrected chi connectivity index (χ1v) is 15.9. The molecule has 4 heterocycles. The van der Waals surface area contributed by atoms with Crippen molar-refractivity contribution >= 4 is 39.8 Å². The lowest BCUT2D eigenvalue weighted by Crippen LogP contribution is -2.48. The lowest BCUT2D eigenvalue weighted by Gasteiger charge is -2.36. The van der Waals surface area contributed by atoms with Gasteiger partial charge in [0, 0.05) is 49.9 Å². The van der Waals surface area contributed by atoms with E-state index in [9.17, 15) is 22.4 Å². The van der Waals surface area contributed by atoms with Gasteiger partial charge in [0.1, 0.15) is 17.2 Å². The number of aromatic nitrogens is 4. The van der Waals surface area contributed by atoms with Crippen LogP contribution in [0.1, 0.15) is 59.3 Å². The molecule has 0 unspecified atom stereocenters. The molecule has 1 amide bonds. The highest BCUT2D eigenvalue weighted by atomic mass is 19.2. The van der Waals surface area contributed by atoms with E-state index >= 15 is 0 Å². The van der Waals surface area contributed by atoms with Crippen molar-refractivity contribution in [2.45, 2.75) is 77.0 Å². The van der Waals surface area contributed by atoms with Crippen LogP contribution in [0.25, 0.3) is 22.1 Å². The number of carbonyl (C=O) groups excluding carboxylic acids is 1. The molecule has 10 nitrogen and oxygen atoms in total. The zero-order valence-electron chi connectivity index (χ0n) is 26.8. The molecule has 47 heavy (non-hydrogen) atoms. The van der Waals surface area contributed by atoms with Gasteiger partial charge in [0.15, 0.2) is 23.3 Å². The first kappa shape index (κ1) is 34.0. The minimum atomic E-state index is -0.961. The summed E-state index contributed by atoms with van der Waals surface area (Å²) < 4.78 is 58.4. The fourth-order valence-electron chi connectivity index (χ4n) is 5.51. The third-order valence-electron chi connectivity index (χ3n) is 7.88. The third-order valence-corrected chi connectivity index (χ3v) is 7.88. The summed E-state index contributed by atoms with van der Waals surface area (Å²) in [5.74, 6) is -2.69. The fourth-order valence-corrected chi connectivity index (χ4v) is 5.51. The Hall–Kier alpha value is -4.33. The topological polar surface area (TPSA) is 117 Å². The molecule has 2 aliphatic rings. The maximum atomic E-state index is 13.4. The molecular formula is C33H40F4N8O2. The molecule has 2 aromatic carbocycles. The molecule has 2 aromatic heterocycles. The zero-order valence-corrected chi connectivity index (χ0v) is 26.8. The van der Waals surface area contributed by atoms with Crippen molar-refractivity contribution in [2.24, 2.45) is 0 Å². The van der Waals surface area contributed by atoms with Gasteiger partial charge < -0.3 is 25.6 Å². The highest BCUT2D eigenvalue weighted by Crippen LogP contribution is 2.22. The van der Waals surface area contributed by atoms with Gasteiger partial charge in [0.2, 0.25) is 0 Å². The number of fused-ring (bicyclic) bond motifs is 2. The van der Waals surface area contributed by atoms with E-state index < -0.39 is 28.9 Å². The van der Waals surface area contributed by atoms with E-state index in [1.165, 1.54) is 19.0 Å². The van der Waals surface area contributed by atoms with Crippen LogP contribution in [0, 0.1) is 23.3 Å². The molecule has 2 fully saturated rings. The molecule has 2 atom stereocenters. The van der Waals surface area contributed by atoms with Crippen LogP contribution in [0.15, 0.2) is 36.7 Å². The number of ether oxygens (including phenoxy) is 1. The van der Waals surface area contributed by atoms with Crippen molar-refractivity contribution in [2.75, 3.05) is 36.8 Å². The lowest BCUT2D eigenvalue weighted by molar-refractivity contribution is 0.0114. The second kappa shape index (κ2) is 15.1. The van der Waals surface area contributed by atoms with Crippen LogP contribution in [0.2, 0.25) is 0 Å². The quantitative estimate of drug-likeness (QED) is 0.198. The smallest absolute Gasteiger partial charge is 0.410 e. The number of piperidine rings is 2. The normalized spacial score (nSPS) is 18.4. The second-order valence-electron chi connectivity index (χ2n) is 12.8. The van der Waals surface area contributed by atoms with E-state index in [1.807, 2.05) is 20.8 Å². The van der Waals surface area contributed by atoms with Crippen molar-refractivity contribution in [3.63, 3.8) is 0 Å². The Morgan fingerprint density at radius 1 is 0.809 bits per heavy atom. The van der Waals surface area contributed by atoms with Gasteiger partial charge in [-0.05, 0) is 59.4 Å². The molecule has 3 N–H and O–H groups in total. The zero-order chi connectivity index (χ0) is 33.6. The molecule has 0 spiro atoms. The summed E-state index contributed by atoms with van der Waals surface area (Å²) >= 11 is 0. The Kier molecular flexibility index (Phi) is 10.9. The van der Waals surface area contributed by atoms with Crippen LogP contribution in [0.3, 0.4) is 0 Å². The number of rotatable bonds is 6.